The lowest BCUT2D eigenvalue weighted by atomic mass is 9.74. The number of rotatable bonds is 6. The van der Waals surface area contributed by atoms with Crippen LogP contribution in [-0.2, 0) is 19.1 Å². The predicted molar refractivity (Wildman–Crippen MR) is 153 cm³/mol. The van der Waals surface area contributed by atoms with Crippen molar-refractivity contribution in [2.75, 3.05) is 18.5 Å². The summed E-state index contributed by atoms with van der Waals surface area (Å²) in [7, 11) is 0. The molecule has 3 fully saturated rings. The average molecular weight is 623 g/mol. The number of benzene rings is 2. The number of carbonyl (C=O) groups excluding carboxylic acids is 3. The molecule has 41 heavy (non-hydrogen) atoms. The summed E-state index contributed by atoms with van der Waals surface area (Å²) in [5.74, 6) is -1.18. The zero-order valence-electron chi connectivity index (χ0n) is 22.5. The first-order valence-corrected chi connectivity index (χ1v) is 15.2. The van der Waals surface area contributed by atoms with Crippen LogP contribution in [0.5, 0.6) is 11.5 Å². The number of likely N-dealkylation sites (tertiary alicyclic amines) is 1. The fraction of sp³-hybridized carbons (Fsp3) is 0.452. The number of hydrogen-bond donors (Lipinski definition) is 2. The number of ether oxygens (including phenoxy) is 3. The van der Waals surface area contributed by atoms with Gasteiger partial charge in [0.05, 0.1) is 24.5 Å². The fourth-order valence-electron chi connectivity index (χ4n) is 7.12. The summed E-state index contributed by atoms with van der Waals surface area (Å²) >= 11 is 3.41. The van der Waals surface area contributed by atoms with Gasteiger partial charge in [-0.15, -0.1) is 0 Å². The molecule has 1 spiro atoms. The molecule has 6 atom stereocenters. The van der Waals surface area contributed by atoms with Crippen LogP contribution in [0, 0.1) is 11.8 Å². The first kappa shape index (κ1) is 26.5. The van der Waals surface area contributed by atoms with Gasteiger partial charge in [0.1, 0.15) is 18.2 Å². The number of para-hydroxylation sites is 2. The molecule has 4 heterocycles. The van der Waals surface area contributed by atoms with Crippen LogP contribution in [0.4, 0.5) is 5.69 Å². The number of nitrogens with zero attached hydrogens (tertiary/aromatic N) is 1. The van der Waals surface area contributed by atoms with E-state index in [1.165, 1.54) is 0 Å². The van der Waals surface area contributed by atoms with Gasteiger partial charge < -0.3 is 29.7 Å². The molecule has 0 radical (unpaired) electrons. The Bertz CT molecular complexity index is 1390. The van der Waals surface area contributed by atoms with E-state index in [-0.39, 0.29) is 36.9 Å². The minimum absolute atomic E-state index is 0.0591. The van der Waals surface area contributed by atoms with Gasteiger partial charge in [-0.2, -0.15) is 0 Å². The minimum Gasteiger partial charge on any atom is -0.486 e. The first-order chi connectivity index (χ1) is 19.9. The highest BCUT2D eigenvalue weighted by Gasteiger charge is 2.73. The van der Waals surface area contributed by atoms with Crippen LogP contribution in [-0.4, -0.2) is 65.7 Å². The van der Waals surface area contributed by atoms with Crippen LogP contribution in [0.15, 0.2) is 65.2 Å². The van der Waals surface area contributed by atoms with Gasteiger partial charge in [-0.25, -0.2) is 0 Å². The van der Waals surface area contributed by atoms with E-state index >= 15 is 0 Å². The van der Waals surface area contributed by atoms with E-state index in [4.69, 9.17) is 14.2 Å². The van der Waals surface area contributed by atoms with Gasteiger partial charge in [-0.3, -0.25) is 14.4 Å². The first-order valence-electron chi connectivity index (χ1n) is 14.4. The molecule has 2 bridgehead atoms. The number of halogens is 1. The molecule has 7 rings (SSSR count). The van der Waals surface area contributed by atoms with Crippen molar-refractivity contribution in [1.82, 2.24) is 10.2 Å². The molecular weight excluding hydrogens is 590 g/mol. The van der Waals surface area contributed by atoms with Crippen LogP contribution in [0.25, 0.3) is 0 Å². The SMILES string of the molecule is O=C(Nc1ccc(Br)cc1)[C@H]1[C@H]2C=C[C@]3(O2)[C@H](C(=O)NC2CCCCC2)N(C[C@H]2COc4ccccc4O2)C(=O)[C@@H]13. The van der Waals surface area contributed by atoms with E-state index in [1.54, 1.807) is 17.0 Å². The maximum Gasteiger partial charge on any atom is 0.246 e. The van der Waals surface area contributed by atoms with Gasteiger partial charge in [0, 0.05) is 16.2 Å². The van der Waals surface area contributed by atoms with Crippen LogP contribution in [0.2, 0.25) is 0 Å². The van der Waals surface area contributed by atoms with Crippen molar-refractivity contribution in [3.05, 3.63) is 65.2 Å². The number of nitrogens with one attached hydrogen (secondary N) is 2. The third-order valence-corrected chi connectivity index (χ3v) is 9.48. The molecule has 2 saturated heterocycles. The second-order valence-electron chi connectivity index (χ2n) is 11.5. The highest BCUT2D eigenvalue weighted by atomic mass is 79.9. The Labute approximate surface area is 246 Å². The van der Waals surface area contributed by atoms with E-state index < -0.39 is 35.7 Å². The van der Waals surface area contributed by atoms with E-state index in [9.17, 15) is 14.4 Å². The second-order valence-corrected chi connectivity index (χ2v) is 12.4. The Kier molecular flexibility index (Phi) is 6.78. The van der Waals surface area contributed by atoms with E-state index in [1.807, 2.05) is 48.6 Å². The van der Waals surface area contributed by atoms with Crippen LogP contribution < -0.4 is 20.1 Å². The average Bonchev–Trinajstić information content (AvgIpc) is 3.62. The molecule has 9 nitrogen and oxygen atoms in total. The minimum atomic E-state index is -1.23. The van der Waals surface area contributed by atoms with Crippen molar-refractivity contribution >= 4 is 39.3 Å². The third kappa shape index (κ3) is 4.61. The lowest BCUT2D eigenvalue weighted by molar-refractivity contribution is -0.143. The Balaban J connectivity index is 1.18. The number of amides is 3. The molecule has 1 aliphatic carbocycles. The Morgan fingerprint density at radius 1 is 1.00 bits per heavy atom. The highest BCUT2D eigenvalue weighted by molar-refractivity contribution is 9.10. The fourth-order valence-corrected chi connectivity index (χ4v) is 7.39. The molecule has 0 unspecified atom stereocenters. The molecule has 3 amide bonds. The molecule has 2 aromatic rings. The molecule has 4 aliphatic heterocycles. The Hall–Kier alpha value is -3.37. The summed E-state index contributed by atoms with van der Waals surface area (Å²) in [6.07, 6.45) is 7.71. The van der Waals surface area contributed by atoms with Gasteiger partial charge in [0.15, 0.2) is 17.6 Å². The third-order valence-electron chi connectivity index (χ3n) is 8.96. The second kappa shape index (κ2) is 10.5. The summed E-state index contributed by atoms with van der Waals surface area (Å²) < 4.78 is 19.5. The van der Waals surface area contributed by atoms with Crippen molar-refractivity contribution in [2.24, 2.45) is 11.8 Å². The van der Waals surface area contributed by atoms with Crippen LogP contribution >= 0.6 is 15.9 Å². The van der Waals surface area contributed by atoms with Crippen molar-refractivity contribution in [2.45, 2.75) is 62.0 Å². The van der Waals surface area contributed by atoms with Crippen molar-refractivity contribution in [3.63, 3.8) is 0 Å². The molecule has 2 N–H and O–H groups in total. The number of hydrogen-bond acceptors (Lipinski definition) is 6. The standard InChI is InChI=1S/C31H32BrN3O6/c32-18-10-12-20(13-11-18)33-28(36)25-24-14-15-31(41-24)26(25)30(38)35(27(31)29(37)34-19-6-2-1-3-7-19)16-21-17-39-22-8-4-5-9-23(22)40-21/h4-5,8-15,19,21,24-27H,1-3,6-7,16-17H2,(H,33,36)(H,34,37)/t21-,24+,25-,26+,27-,31+/m0/s1. The molecule has 5 aliphatic rings. The van der Waals surface area contributed by atoms with Crippen LogP contribution in [0.1, 0.15) is 32.1 Å². The monoisotopic (exact) mass is 621 g/mol. The van der Waals surface area contributed by atoms with Gasteiger partial charge >= 0.3 is 0 Å². The Morgan fingerprint density at radius 2 is 1.76 bits per heavy atom. The van der Waals surface area contributed by atoms with Gasteiger partial charge in [-0.05, 0) is 49.2 Å². The van der Waals surface area contributed by atoms with Gasteiger partial charge in [0.2, 0.25) is 17.7 Å². The summed E-state index contributed by atoms with van der Waals surface area (Å²) in [4.78, 5) is 43.5. The molecule has 2 aromatic carbocycles. The molecule has 0 aromatic heterocycles. The van der Waals surface area contributed by atoms with Crippen LogP contribution in [0.3, 0.4) is 0 Å². The summed E-state index contributed by atoms with van der Waals surface area (Å²) in [6, 6.07) is 13.8. The lowest BCUT2D eigenvalue weighted by Gasteiger charge is -2.36. The van der Waals surface area contributed by atoms with E-state index in [0.717, 1.165) is 36.6 Å². The zero-order valence-corrected chi connectivity index (χ0v) is 24.0. The number of anilines is 1. The highest BCUT2D eigenvalue weighted by Crippen LogP contribution is 2.55. The largest absolute Gasteiger partial charge is 0.486 e. The topological polar surface area (TPSA) is 106 Å². The molecule has 10 heteroatoms. The van der Waals surface area contributed by atoms with E-state index in [0.29, 0.717) is 17.2 Å². The zero-order chi connectivity index (χ0) is 28.1. The van der Waals surface area contributed by atoms with Gasteiger partial charge in [-0.1, -0.05) is 59.5 Å². The molecular formula is C31H32BrN3O6. The van der Waals surface area contributed by atoms with Crippen molar-refractivity contribution < 1.29 is 28.6 Å². The Morgan fingerprint density at radius 3 is 2.54 bits per heavy atom. The maximum atomic E-state index is 14.3. The smallest absolute Gasteiger partial charge is 0.246 e. The lowest BCUT2D eigenvalue weighted by Crippen LogP contribution is -2.58. The van der Waals surface area contributed by atoms with Crippen molar-refractivity contribution in [1.29, 1.82) is 0 Å². The van der Waals surface area contributed by atoms with E-state index in [2.05, 4.69) is 26.6 Å². The normalized spacial score (nSPS) is 31.7. The summed E-state index contributed by atoms with van der Waals surface area (Å²) in [5, 5.41) is 6.17. The van der Waals surface area contributed by atoms with Crippen molar-refractivity contribution in [3.8, 4) is 11.5 Å². The van der Waals surface area contributed by atoms with Gasteiger partial charge in [0.25, 0.3) is 0 Å². The summed E-state index contributed by atoms with van der Waals surface area (Å²) in [5.41, 5.74) is -0.602. The number of fused-ring (bicyclic) bond motifs is 2. The number of carbonyl (C=O) groups is 3. The maximum absolute atomic E-state index is 14.3. The molecule has 214 valence electrons. The predicted octanol–water partition coefficient (Wildman–Crippen LogP) is 3.83. The molecule has 1 saturated carbocycles. The quantitative estimate of drug-likeness (QED) is 0.475. The summed E-state index contributed by atoms with van der Waals surface area (Å²) in [6.45, 7) is 0.374.